The molecule has 4 rings (SSSR count). The Bertz CT molecular complexity index is 989. The van der Waals surface area contributed by atoms with E-state index in [1.807, 2.05) is 22.9 Å². The average Bonchev–Trinajstić information content (AvgIpc) is 3.19. The highest BCUT2D eigenvalue weighted by Crippen LogP contribution is 2.20. The van der Waals surface area contributed by atoms with Gasteiger partial charge in [-0.3, -0.25) is 0 Å². The van der Waals surface area contributed by atoms with Crippen LogP contribution in [0.1, 0.15) is 18.3 Å². The lowest BCUT2D eigenvalue weighted by atomic mass is 10.2. The van der Waals surface area contributed by atoms with Crippen LogP contribution in [0.15, 0.2) is 53.7 Å². The molecule has 0 fully saturated rings. The van der Waals surface area contributed by atoms with Crippen molar-refractivity contribution < 1.29 is 0 Å². The van der Waals surface area contributed by atoms with Gasteiger partial charge in [-0.1, -0.05) is 6.92 Å². The minimum Gasteiger partial charge on any atom is -0.322 e. The Morgan fingerprint density at radius 1 is 1.08 bits per heavy atom. The Kier molecular flexibility index (Phi) is 3.86. The highest BCUT2D eigenvalue weighted by Gasteiger charge is 2.14. The smallest absolute Gasteiger partial charge is 0.195 e. The van der Waals surface area contributed by atoms with E-state index in [1.165, 1.54) is 5.69 Å². The molecule has 0 radical (unpaired) electrons. The van der Waals surface area contributed by atoms with Gasteiger partial charge < -0.3 is 8.97 Å². The summed E-state index contributed by atoms with van der Waals surface area (Å²) in [5.74, 6) is 1.36. The van der Waals surface area contributed by atoms with Crippen molar-refractivity contribution in [1.29, 1.82) is 0 Å². The molecule has 0 saturated heterocycles. The molecule has 4 heterocycles. The molecule has 0 saturated carbocycles. The standard InChI is InChI=1S/C17H15BrN6/c1-2-14-13(22-15-5-4-12(18)10-24(14)15)11-23-9-8-21-17(23)16-19-6-3-7-20-16/h3-10H,2,11H2,1H3. The van der Waals surface area contributed by atoms with Gasteiger partial charge in [0, 0.05) is 41.2 Å². The van der Waals surface area contributed by atoms with Crippen molar-refractivity contribution in [2.24, 2.45) is 0 Å². The van der Waals surface area contributed by atoms with Crippen LogP contribution in [0.2, 0.25) is 0 Å². The van der Waals surface area contributed by atoms with E-state index in [1.54, 1.807) is 24.7 Å². The highest BCUT2D eigenvalue weighted by molar-refractivity contribution is 9.10. The molecular weight excluding hydrogens is 368 g/mol. The summed E-state index contributed by atoms with van der Waals surface area (Å²) in [5.41, 5.74) is 3.17. The average molecular weight is 383 g/mol. The van der Waals surface area contributed by atoms with Crippen LogP contribution in [-0.4, -0.2) is 28.9 Å². The van der Waals surface area contributed by atoms with E-state index < -0.39 is 0 Å². The summed E-state index contributed by atoms with van der Waals surface area (Å²) in [5, 5.41) is 0. The number of imidazole rings is 2. The van der Waals surface area contributed by atoms with Crippen LogP contribution in [0.5, 0.6) is 0 Å². The van der Waals surface area contributed by atoms with E-state index in [0.717, 1.165) is 28.1 Å². The number of hydrogen-bond acceptors (Lipinski definition) is 4. The lowest BCUT2D eigenvalue weighted by molar-refractivity contribution is 0.766. The number of pyridine rings is 1. The summed E-state index contributed by atoms with van der Waals surface area (Å²) in [6, 6.07) is 5.82. The Morgan fingerprint density at radius 3 is 2.71 bits per heavy atom. The molecule has 0 amide bonds. The molecule has 0 aliphatic heterocycles. The van der Waals surface area contributed by atoms with Gasteiger partial charge in [0.15, 0.2) is 11.6 Å². The first kappa shape index (κ1) is 15.0. The van der Waals surface area contributed by atoms with Crippen molar-refractivity contribution in [2.45, 2.75) is 19.9 Å². The quantitative estimate of drug-likeness (QED) is 0.542. The van der Waals surface area contributed by atoms with Gasteiger partial charge >= 0.3 is 0 Å². The van der Waals surface area contributed by atoms with E-state index in [4.69, 9.17) is 4.98 Å². The van der Waals surface area contributed by atoms with Crippen molar-refractivity contribution in [3.8, 4) is 11.6 Å². The maximum Gasteiger partial charge on any atom is 0.195 e. The Labute approximate surface area is 147 Å². The number of hydrogen-bond donors (Lipinski definition) is 0. The SMILES string of the molecule is CCc1c(Cn2ccnc2-c2ncccn2)nc2ccc(Br)cn12. The predicted octanol–water partition coefficient (Wildman–Crippen LogP) is 3.36. The van der Waals surface area contributed by atoms with Gasteiger partial charge in [0.2, 0.25) is 0 Å². The van der Waals surface area contributed by atoms with Crippen LogP contribution in [0.3, 0.4) is 0 Å². The summed E-state index contributed by atoms with van der Waals surface area (Å²) >= 11 is 3.53. The third kappa shape index (κ3) is 2.60. The minimum atomic E-state index is 0.618. The molecule has 0 aromatic carbocycles. The number of nitrogens with zero attached hydrogens (tertiary/aromatic N) is 6. The fourth-order valence-corrected chi connectivity index (χ4v) is 3.17. The molecule has 7 heteroatoms. The fourth-order valence-electron chi connectivity index (χ4n) is 2.84. The summed E-state index contributed by atoms with van der Waals surface area (Å²) in [6.45, 7) is 2.78. The van der Waals surface area contributed by atoms with Gasteiger partial charge in [-0.05, 0) is 40.5 Å². The van der Waals surface area contributed by atoms with Crippen LogP contribution >= 0.6 is 15.9 Å². The third-order valence-corrected chi connectivity index (χ3v) is 4.37. The van der Waals surface area contributed by atoms with Crippen molar-refractivity contribution >= 4 is 21.6 Å². The number of aromatic nitrogens is 6. The van der Waals surface area contributed by atoms with Crippen LogP contribution in [-0.2, 0) is 13.0 Å². The zero-order chi connectivity index (χ0) is 16.5. The van der Waals surface area contributed by atoms with Crippen LogP contribution in [0, 0.1) is 0 Å². The second-order valence-electron chi connectivity index (χ2n) is 5.39. The molecule has 0 unspecified atom stereocenters. The van der Waals surface area contributed by atoms with Crippen LogP contribution in [0.25, 0.3) is 17.3 Å². The first-order chi connectivity index (χ1) is 11.8. The number of rotatable bonds is 4. The summed E-state index contributed by atoms with van der Waals surface area (Å²) in [4.78, 5) is 17.8. The van der Waals surface area contributed by atoms with Crippen LogP contribution in [0.4, 0.5) is 0 Å². The molecule has 120 valence electrons. The van der Waals surface area contributed by atoms with Crippen molar-refractivity contribution in [2.75, 3.05) is 0 Å². The van der Waals surface area contributed by atoms with Crippen molar-refractivity contribution in [1.82, 2.24) is 28.9 Å². The van der Waals surface area contributed by atoms with E-state index in [2.05, 4.69) is 48.4 Å². The largest absolute Gasteiger partial charge is 0.322 e. The summed E-state index contributed by atoms with van der Waals surface area (Å²) in [7, 11) is 0. The molecule has 0 aliphatic rings. The molecule has 24 heavy (non-hydrogen) atoms. The van der Waals surface area contributed by atoms with E-state index >= 15 is 0 Å². The van der Waals surface area contributed by atoms with Gasteiger partial charge in [-0.25, -0.2) is 19.9 Å². The summed E-state index contributed by atoms with van der Waals surface area (Å²) in [6.07, 6.45) is 10.1. The maximum atomic E-state index is 4.79. The van der Waals surface area contributed by atoms with E-state index in [0.29, 0.717) is 12.4 Å². The highest BCUT2D eigenvalue weighted by atomic mass is 79.9. The zero-order valence-corrected chi connectivity index (χ0v) is 14.7. The van der Waals surface area contributed by atoms with E-state index in [-0.39, 0.29) is 0 Å². The first-order valence-electron chi connectivity index (χ1n) is 7.70. The zero-order valence-electron chi connectivity index (χ0n) is 13.1. The predicted molar refractivity (Wildman–Crippen MR) is 94.6 cm³/mol. The van der Waals surface area contributed by atoms with Gasteiger partial charge in [0.05, 0.1) is 12.2 Å². The number of halogens is 1. The Morgan fingerprint density at radius 2 is 1.92 bits per heavy atom. The molecule has 0 N–H and O–H groups in total. The Balaban J connectivity index is 1.77. The first-order valence-corrected chi connectivity index (χ1v) is 8.49. The normalized spacial score (nSPS) is 11.2. The number of fused-ring (bicyclic) bond motifs is 1. The van der Waals surface area contributed by atoms with Gasteiger partial charge in [0.25, 0.3) is 0 Å². The molecule has 4 aromatic rings. The third-order valence-electron chi connectivity index (χ3n) is 3.90. The molecule has 6 nitrogen and oxygen atoms in total. The molecule has 4 aromatic heterocycles. The molecular formula is C17H15BrN6. The minimum absolute atomic E-state index is 0.618. The number of aryl methyl sites for hydroxylation is 1. The summed E-state index contributed by atoms with van der Waals surface area (Å²) < 4.78 is 5.20. The Hall–Kier alpha value is -2.54. The van der Waals surface area contributed by atoms with Crippen LogP contribution < -0.4 is 0 Å². The molecule has 0 atom stereocenters. The van der Waals surface area contributed by atoms with Crippen molar-refractivity contribution in [3.63, 3.8) is 0 Å². The van der Waals surface area contributed by atoms with Gasteiger partial charge in [-0.15, -0.1) is 0 Å². The topological polar surface area (TPSA) is 60.9 Å². The van der Waals surface area contributed by atoms with Gasteiger partial charge in [-0.2, -0.15) is 0 Å². The monoisotopic (exact) mass is 382 g/mol. The lowest BCUT2D eigenvalue weighted by Crippen LogP contribution is -2.05. The lowest BCUT2D eigenvalue weighted by Gasteiger charge is -2.07. The fraction of sp³-hybridized carbons (Fsp3) is 0.176. The van der Waals surface area contributed by atoms with E-state index in [9.17, 15) is 0 Å². The van der Waals surface area contributed by atoms with Crippen molar-refractivity contribution in [3.05, 3.63) is 65.0 Å². The second-order valence-corrected chi connectivity index (χ2v) is 6.30. The van der Waals surface area contributed by atoms with Gasteiger partial charge in [0.1, 0.15) is 5.65 Å². The molecule has 0 bridgehead atoms. The maximum absolute atomic E-state index is 4.79. The molecule has 0 spiro atoms. The molecule has 0 aliphatic carbocycles. The second kappa shape index (κ2) is 6.16.